The molecule has 2 rings (SSSR count). The van der Waals surface area contributed by atoms with Crippen molar-refractivity contribution >= 4 is 11.5 Å². The molecule has 0 atom stereocenters. The van der Waals surface area contributed by atoms with Crippen LogP contribution in [-0.2, 0) is 4.79 Å². The van der Waals surface area contributed by atoms with Crippen molar-refractivity contribution in [3.63, 3.8) is 0 Å². The van der Waals surface area contributed by atoms with Crippen molar-refractivity contribution in [2.45, 2.75) is 19.8 Å². The van der Waals surface area contributed by atoms with Gasteiger partial charge in [0.2, 0.25) is 0 Å². The maximum absolute atomic E-state index is 12.4. The predicted molar refractivity (Wildman–Crippen MR) is 72.2 cm³/mol. The van der Waals surface area contributed by atoms with E-state index in [0.717, 1.165) is 25.0 Å². The molecule has 0 radical (unpaired) electrons. The first-order chi connectivity index (χ1) is 8.70. The second kappa shape index (κ2) is 5.49. The molecule has 4 heteroatoms. The second-order valence-electron chi connectivity index (χ2n) is 4.33. The van der Waals surface area contributed by atoms with Crippen LogP contribution in [0.1, 0.15) is 19.8 Å². The van der Waals surface area contributed by atoms with Gasteiger partial charge in [-0.05, 0) is 31.9 Å². The molecule has 18 heavy (non-hydrogen) atoms. The molecule has 2 aliphatic heterocycles. The van der Waals surface area contributed by atoms with Gasteiger partial charge in [0.1, 0.15) is 0 Å². The summed E-state index contributed by atoms with van der Waals surface area (Å²) in [6.45, 7) is 2.55. The van der Waals surface area contributed by atoms with Crippen LogP contribution in [0.25, 0.3) is 0 Å². The molecule has 2 aliphatic rings. The number of dihydropyridines is 1. The van der Waals surface area contributed by atoms with Gasteiger partial charge in [0.15, 0.2) is 5.78 Å². The van der Waals surface area contributed by atoms with Crippen LogP contribution in [0.3, 0.4) is 0 Å². The topological polar surface area (TPSA) is 65.0 Å². The zero-order valence-electron chi connectivity index (χ0n) is 10.4. The highest BCUT2D eigenvalue weighted by Gasteiger charge is 2.21. The Morgan fingerprint density at radius 3 is 2.78 bits per heavy atom. The van der Waals surface area contributed by atoms with Crippen LogP contribution in [0, 0.1) is 5.41 Å². The van der Waals surface area contributed by atoms with Gasteiger partial charge in [0.05, 0.1) is 11.3 Å². The van der Waals surface area contributed by atoms with Crippen molar-refractivity contribution in [1.29, 1.82) is 5.41 Å². The predicted octanol–water partition coefficient (Wildman–Crippen LogP) is 1.79. The Morgan fingerprint density at radius 1 is 1.39 bits per heavy atom. The van der Waals surface area contributed by atoms with E-state index in [1.54, 1.807) is 19.3 Å². The minimum Gasteiger partial charge on any atom is -0.391 e. The summed E-state index contributed by atoms with van der Waals surface area (Å²) in [5.41, 5.74) is 2.18. The van der Waals surface area contributed by atoms with E-state index in [-0.39, 0.29) is 11.5 Å². The zero-order valence-corrected chi connectivity index (χ0v) is 10.4. The van der Waals surface area contributed by atoms with Gasteiger partial charge >= 0.3 is 0 Å². The lowest BCUT2D eigenvalue weighted by Gasteiger charge is -2.17. The van der Waals surface area contributed by atoms with Crippen molar-refractivity contribution in [1.82, 2.24) is 10.6 Å². The van der Waals surface area contributed by atoms with Crippen molar-refractivity contribution in [2.75, 3.05) is 6.54 Å². The first-order valence-corrected chi connectivity index (χ1v) is 6.07. The Morgan fingerprint density at radius 2 is 2.22 bits per heavy atom. The van der Waals surface area contributed by atoms with Crippen LogP contribution in [0.15, 0.2) is 47.5 Å². The number of ketones is 1. The molecule has 3 N–H and O–H groups in total. The van der Waals surface area contributed by atoms with E-state index in [0.29, 0.717) is 11.3 Å². The molecule has 0 aromatic rings. The zero-order chi connectivity index (χ0) is 13.0. The molecule has 0 bridgehead atoms. The smallest absolute Gasteiger partial charge is 0.194 e. The van der Waals surface area contributed by atoms with Crippen molar-refractivity contribution < 1.29 is 4.79 Å². The first-order valence-electron chi connectivity index (χ1n) is 6.07. The van der Waals surface area contributed by atoms with Gasteiger partial charge in [0.25, 0.3) is 0 Å². The number of hydrogen-bond acceptors (Lipinski definition) is 4. The van der Waals surface area contributed by atoms with Gasteiger partial charge < -0.3 is 16.0 Å². The van der Waals surface area contributed by atoms with E-state index in [1.807, 2.05) is 18.2 Å². The molecule has 0 fully saturated rings. The molecular formula is C14H17N3O. The SMILES string of the molecule is CC(=N)/C(C(=O)C1=CNCCC1)=C1/C=CC=CN1. The van der Waals surface area contributed by atoms with E-state index in [2.05, 4.69) is 10.6 Å². The van der Waals surface area contributed by atoms with Gasteiger partial charge in [-0.1, -0.05) is 6.08 Å². The van der Waals surface area contributed by atoms with E-state index in [4.69, 9.17) is 5.41 Å². The summed E-state index contributed by atoms with van der Waals surface area (Å²) >= 11 is 0. The van der Waals surface area contributed by atoms with Crippen molar-refractivity contribution in [3.05, 3.63) is 47.5 Å². The number of carbonyl (C=O) groups excluding carboxylic acids is 1. The number of nitrogens with one attached hydrogen (secondary N) is 3. The number of carbonyl (C=O) groups is 1. The number of hydrogen-bond donors (Lipinski definition) is 3. The van der Waals surface area contributed by atoms with Crippen LogP contribution in [0.2, 0.25) is 0 Å². The molecule has 0 aromatic carbocycles. The summed E-state index contributed by atoms with van der Waals surface area (Å²) in [6, 6.07) is 0. The largest absolute Gasteiger partial charge is 0.391 e. The fourth-order valence-corrected chi connectivity index (χ4v) is 2.03. The first kappa shape index (κ1) is 12.4. The summed E-state index contributed by atoms with van der Waals surface area (Å²) in [4.78, 5) is 12.4. The summed E-state index contributed by atoms with van der Waals surface area (Å²) in [6.07, 6.45) is 10.8. The second-order valence-corrected chi connectivity index (χ2v) is 4.33. The van der Waals surface area contributed by atoms with Crippen LogP contribution in [-0.4, -0.2) is 18.0 Å². The Bertz CT molecular complexity index is 495. The van der Waals surface area contributed by atoms with Gasteiger partial charge in [-0.25, -0.2) is 0 Å². The molecule has 4 nitrogen and oxygen atoms in total. The van der Waals surface area contributed by atoms with Crippen LogP contribution in [0.5, 0.6) is 0 Å². The van der Waals surface area contributed by atoms with E-state index in [1.165, 1.54) is 0 Å². The standard InChI is InChI=1S/C14H17N3O/c1-10(15)13(12-6-2-3-8-17-12)14(18)11-5-4-7-16-9-11/h2-3,6,8-9,15-17H,4-5,7H2,1H3/b13-12+,15-10?. The maximum atomic E-state index is 12.4. The lowest BCUT2D eigenvalue weighted by molar-refractivity contribution is -0.112. The Kier molecular flexibility index (Phi) is 3.77. The molecule has 0 saturated heterocycles. The average Bonchev–Trinajstić information content (AvgIpc) is 2.40. The van der Waals surface area contributed by atoms with E-state index < -0.39 is 0 Å². The molecule has 0 unspecified atom stereocenters. The molecule has 0 saturated carbocycles. The lowest BCUT2D eigenvalue weighted by Crippen LogP contribution is -2.24. The molecule has 94 valence electrons. The molecule has 0 spiro atoms. The Balaban J connectivity index is 2.34. The fraction of sp³-hybridized carbons (Fsp3) is 0.286. The normalized spacial score (nSPS) is 20.6. The molecule has 0 aliphatic carbocycles. The summed E-state index contributed by atoms with van der Waals surface area (Å²) in [5, 5.41) is 13.9. The maximum Gasteiger partial charge on any atom is 0.194 e. The highest BCUT2D eigenvalue weighted by Crippen LogP contribution is 2.18. The number of allylic oxidation sites excluding steroid dienone is 5. The van der Waals surface area contributed by atoms with Gasteiger partial charge in [-0.2, -0.15) is 0 Å². The quantitative estimate of drug-likeness (QED) is 0.523. The summed E-state index contributed by atoms with van der Waals surface area (Å²) in [5.74, 6) is -0.0582. The fourth-order valence-electron chi connectivity index (χ4n) is 2.03. The average molecular weight is 243 g/mol. The third-order valence-corrected chi connectivity index (χ3v) is 2.92. The van der Waals surface area contributed by atoms with Crippen molar-refractivity contribution in [3.8, 4) is 0 Å². The molecule has 0 amide bonds. The minimum absolute atomic E-state index is 0.0582. The molecular weight excluding hydrogens is 226 g/mol. The summed E-state index contributed by atoms with van der Waals surface area (Å²) in [7, 11) is 0. The highest BCUT2D eigenvalue weighted by atomic mass is 16.1. The van der Waals surface area contributed by atoms with Crippen LogP contribution in [0.4, 0.5) is 0 Å². The third kappa shape index (κ3) is 2.59. The Hall–Kier alpha value is -2.10. The van der Waals surface area contributed by atoms with Gasteiger partial charge in [-0.15, -0.1) is 0 Å². The van der Waals surface area contributed by atoms with Crippen molar-refractivity contribution in [2.24, 2.45) is 0 Å². The monoisotopic (exact) mass is 243 g/mol. The number of rotatable bonds is 3. The highest BCUT2D eigenvalue weighted by molar-refractivity contribution is 6.27. The third-order valence-electron chi connectivity index (χ3n) is 2.92. The van der Waals surface area contributed by atoms with Gasteiger partial charge in [0, 0.05) is 30.2 Å². The minimum atomic E-state index is -0.0582. The van der Waals surface area contributed by atoms with E-state index in [9.17, 15) is 4.79 Å². The van der Waals surface area contributed by atoms with Crippen LogP contribution < -0.4 is 10.6 Å². The van der Waals surface area contributed by atoms with Crippen LogP contribution >= 0.6 is 0 Å². The Labute approximate surface area is 107 Å². The molecule has 2 heterocycles. The van der Waals surface area contributed by atoms with E-state index >= 15 is 0 Å². The van der Waals surface area contributed by atoms with Gasteiger partial charge in [-0.3, -0.25) is 4.79 Å². The lowest BCUT2D eigenvalue weighted by atomic mass is 9.94. The molecule has 0 aromatic heterocycles. The summed E-state index contributed by atoms with van der Waals surface area (Å²) < 4.78 is 0. The number of Topliss-reactive ketones (excluding diaryl/α,β-unsaturated/α-hetero) is 1.